The molecule has 152 valence electrons. The number of rotatable bonds is 9. The Labute approximate surface area is 164 Å². The molecular formula is C21H34N2O3S. The van der Waals surface area contributed by atoms with E-state index in [2.05, 4.69) is 5.32 Å². The van der Waals surface area contributed by atoms with E-state index in [0.29, 0.717) is 25.3 Å². The molecule has 1 aliphatic carbocycles. The molecule has 5 nitrogen and oxygen atoms in total. The summed E-state index contributed by atoms with van der Waals surface area (Å²) in [4.78, 5) is 12.2. The standard InChI is InChI=1S/C21H34N2O3S/c1-4-19-13-8-10-17(2)21(19)23(27(3,25)26)15-9-14-20(24)22-16-18-11-6-5-7-12-18/h8,10,13,18H,4-7,9,11-12,14-16H2,1-3H3,(H,22,24). The van der Waals surface area contributed by atoms with Crippen molar-refractivity contribution in [2.24, 2.45) is 5.92 Å². The van der Waals surface area contributed by atoms with Crippen LogP contribution in [0.25, 0.3) is 0 Å². The maximum atomic E-state index is 12.4. The van der Waals surface area contributed by atoms with Crippen LogP contribution in [0.2, 0.25) is 0 Å². The van der Waals surface area contributed by atoms with Gasteiger partial charge in [0.25, 0.3) is 0 Å². The van der Waals surface area contributed by atoms with E-state index in [-0.39, 0.29) is 5.91 Å². The maximum Gasteiger partial charge on any atom is 0.232 e. The number of aryl methyl sites for hydroxylation is 2. The summed E-state index contributed by atoms with van der Waals surface area (Å²) in [6.45, 7) is 5.04. The molecule has 0 heterocycles. The Morgan fingerprint density at radius 2 is 1.93 bits per heavy atom. The number of carbonyl (C=O) groups is 1. The van der Waals surface area contributed by atoms with Crippen molar-refractivity contribution in [2.75, 3.05) is 23.7 Å². The molecular weight excluding hydrogens is 360 g/mol. The lowest BCUT2D eigenvalue weighted by Gasteiger charge is -2.26. The Kier molecular flexibility index (Phi) is 8.14. The molecule has 1 saturated carbocycles. The fraction of sp³-hybridized carbons (Fsp3) is 0.667. The van der Waals surface area contributed by atoms with E-state index >= 15 is 0 Å². The molecule has 0 radical (unpaired) electrons. The lowest BCUT2D eigenvalue weighted by Crippen LogP contribution is -2.34. The summed E-state index contributed by atoms with van der Waals surface area (Å²) >= 11 is 0. The predicted octanol–water partition coefficient (Wildman–Crippen LogP) is 3.80. The number of hydrogen-bond donors (Lipinski definition) is 1. The summed E-state index contributed by atoms with van der Waals surface area (Å²) in [6, 6.07) is 5.86. The molecule has 0 aliphatic heterocycles. The van der Waals surface area contributed by atoms with Crippen LogP contribution in [0, 0.1) is 12.8 Å². The summed E-state index contributed by atoms with van der Waals surface area (Å²) in [5.74, 6) is 0.629. The minimum absolute atomic E-state index is 0.0227. The average Bonchev–Trinajstić information content (AvgIpc) is 2.64. The van der Waals surface area contributed by atoms with Crippen LogP contribution in [0.4, 0.5) is 5.69 Å². The molecule has 1 N–H and O–H groups in total. The van der Waals surface area contributed by atoms with Gasteiger partial charge < -0.3 is 5.32 Å². The van der Waals surface area contributed by atoms with Gasteiger partial charge in [0.05, 0.1) is 11.9 Å². The first-order valence-corrected chi connectivity index (χ1v) is 12.0. The normalized spacial score (nSPS) is 15.5. The summed E-state index contributed by atoms with van der Waals surface area (Å²) in [6.07, 6.45) is 9.12. The van der Waals surface area contributed by atoms with Crippen molar-refractivity contribution in [3.05, 3.63) is 29.3 Å². The Morgan fingerprint density at radius 1 is 1.22 bits per heavy atom. The fourth-order valence-corrected chi connectivity index (χ4v) is 4.98. The van der Waals surface area contributed by atoms with Gasteiger partial charge in [-0.15, -0.1) is 0 Å². The Hall–Kier alpha value is -1.56. The number of benzene rings is 1. The van der Waals surface area contributed by atoms with Gasteiger partial charge in [-0.3, -0.25) is 9.10 Å². The first-order chi connectivity index (χ1) is 12.8. The van der Waals surface area contributed by atoms with E-state index in [9.17, 15) is 13.2 Å². The molecule has 1 aromatic carbocycles. The lowest BCUT2D eigenvalue weighted by atomic mass is 9.89. The predicted molar refractivity (Wildman–Crippen MR) is 112 cm³/mol. The van der Waals surface area contributed by atoms with Crippen molar-refractivity contribution < 1.29 is 13.2 Å². The van der Waals surface area contributed by atoms with Gasteiger partial charge in [0.1, 0.15) is 0 Å². The fourth-order valence-electron chi connectivity index (χ4n) is 3.93. The minimum atomic E-state index is -3.40. The zero-order valence-electron chi connectivity index (χ0n) is 17.0. The number of anilines is 1. The Bertz CT molecular complexity index is 725. The van der Waals surface area contributed by atoms with Crippen molar-refractivity contribution >= 4 is 21.6 Å². The van der Waals surface area contributed by atoms with Gasteiger partial charge in [-0.2, -0.15) is 0 Å². The highest BCUT2D eigenvalue weighted by molar-refractivity contribution is 7.92. The third-order valence-electron chi connectivity index (χ3n) is 5.43. The van der Waals surface area contributed by atoms with Crippen LogP contribution in [0.1, 0.15) is 63.0 Å². The second kappa shape index (κ2) is 10.1. The number of amides is 1. The molecule has 6 heteroatoms. The minimum Gasteiger partial charge on any atom is -0.356 e. The van der Waals surface area contributed by atoms with Crippen molar-refractivity contribution in [3.8, 4) is 0 Å². The van der Waals surface area contributed by atoms with Crippen molar-refractivity contribution in [3.63, 3.8) is 0 Å². The molecule has 1 amide bonds. The van der Waals surface area contributed by atoms with E-state index in [4.69, 9.17) is 0 Å². The summed E-state index contributed by atoms with van der Waals surface area (Å²) in [5.41, 5.74) is 2.73. The molecule has 0 saturated heterocycles. The van der Waals surface area contributed by atoms with E-state index in [1.807, 2.05) is 32.0 Å². The van der Waals surface area contributed by atoms with Crippen LogP contribution in [0.3, 0.4) is 0 Å². The van der Waals surface area contributed by atoms with Crippen molar-refractivity contribution in [1.29, 1.82) is 0 Å². The van der Waals surface area contributed by atoms with Crippen LogP contribution in [0.5, 0.6) is 0 Å². The number of nitrogens with zero attached hydrogens (tertiary/aromatic N) is 1. The molecule has 2 rings (SSSR count). The molecule has 0 atom stereocenters. The van der Waals surface area contributed by atoms with Gasteiger partial charge in [-0.1, -0.05) is 44.4 Å². The maximum absolute atomic E-state index is 12.4. The number of para-hydroxylation sites is 1. The first-order valence-electron chi connectivity index (χ1n) is 10.2. The molecule has 0 spiro atoms. The average molecular weight is 395 g/mol. The lowest BCUT2D eigenvalue weighted by molar-refractivity contribution is -0.121. The molecule has 1 aromatic rings. The highest BCUT2D eigenvalue weighted by atomic mass is 32.2. The number of nitrogens with one attached hydrogen (secondary N) is 1. The van der Waals surface area contributed by atoms with Gasteiger partial charge >= 0.3 is 0 Å². The molecule has 1 aliphatic rings. The van der Waals surface area contributed by atoms with Gasteiger partial charge in [0, 0.05) is 19.5 Å². The second-order valence-corrected chi connectivity index (χ2v) is 9.59. The molecule has 0 unspecified atom stereocenters. The smallest absolute Gasteiger partial charge is 0.232 e. The monoisotopic (exact) mass is 394 g/mol. The Morgan fingerprint density at radius 3 is 2.56 bits per heavy atom. The number of carbonyl (C=O) groups excluding carboxylic acids is 1. The van der Waals surface area contributed by atoms with E-state index in [1.165, 1.54) is 42.7 Å². The topological polar surface area (TPSA) is 66.5 Å². The quantitative estimate of drug-likeness (QED) is 0.693. The van der Waals surface area contributed by atoms with Gasteiger partial charge in [-0.05, 0) is 49.7 Å². The van der Waals surface area contributed by atoms with Crippen molar-refractivity contribution in [2.45, 2.75) is 65.2 Å². The SMILES string of the molecule is CCc1cccc(C)c1N(CCCC(=O)NCC1CCCCC1)S(C)(=O)=O. The van der Waals surface area contributed by atoms with E-state index in [1.54, 1.807) is 0 Å². The van der Waals surface area contributed by atoms with Gasteiger partial charge in [0.2, 0.25) is 15.9 Å². The second-order valence-electron chi connectivity index (χ2n) is 7.68. The zero-order valence-corrected chi connectivity index (χ0v) is 17.8. The highest BCUT2D eigenvalue weighted by Gasteiger charge is 2.22. The van der Waals surface area contributed by atoms with Crippen LogP contribution >= 0.6 is 0 Å². The molecule has 27 heavy (non-hydrogen) atoms. The zero-order chi connectivity index (χ0) is 19.9. The van der Waals surface area contributed by atoms with Gasteiger partial charge in [0.15, 0.2) is 0 Å². The third-order valence-corrected chi connectivity index (χ3v) is 6.60. The highest BCUT2D eigenvalue weighted by Crippen LogP contribution is 2.28. The first kappa shape index (κ1) is 21.7. The summed E-state index contributed by atoms with van der Waals surface area (Å²) < 4.78 is 26.2. The Balaban J connectivity index is 1.93. The van der Waals surface area contributed by atoms with Crippen LogP contribution in [-0.4, -0.2) is 33.7 Å². The molecule has 0 bridgehead atoms. The number of hydrogen-bond acceptors (Lipinski definition) is 3. The molecule has 0 aromatic heterocycles. The van der Waals surface area contributed by atoms with E-state index in [0.717, 1.165) is 29.8 Å². The van der Waals surface area contributed by atoms with E-state index < -0.39 is 10.0 Å². The van der Waals surface area contributed by atoms with Crippen LogP contribution in [0.15, 0.2) is 18.2 Å². The largest absolute Gasteiger partial charge is 0.356 e. The molecule has 1 fully saturated rings. The summed E-state index contributed by atoms with van der Waals surface area (Å²) in [5, 5.41) is 3.03. The third kappa shape index (κ3) is 6.52. The van der Waals surface area contributed by atoms with Gasteiger partial charge in [-0.25, -0.2) is 8.42 Å². The van der Waals surface area contributed by atoms with Crippen LogP contribution in [-0.2, 0) is 21.2 Å². The summed E-state index contributed by atoms with van der Waals surface area (Å²) in [7, 11) is -3.40. The van der Waals surface area contributed by atoms with Crippen molar-refractivity contribution in [1.82, 2.24) is 5.32 Å². The number of sulfonamides is 1. The van der Waals surface area contributed by atoms with Crippen LogP contribution < -0.4 is 9.62 Å².